The molecule has 1 fully saturated rings. The number of aromatic nitrogens is 2. The predicted molar refractivity (Wildman–Crippen MR) is 123 cm³/mol. The van der Waals surface area contributed by atoms with Gasteiger partial charge in [0.1, 0.15) is 11.6 Å². The zero-order chi connectivity index (χ0) is 23.3. The number of H-pyrrole nitrogens is 1. The summed E-state index contributed by atoms with van der Waals surface area (Å²) in [6.07, 6.45) is 1.49. The highest BCUT2D eigenvalue weighted by molar-refractivity contribution is 5.85. The summed E-state index contributed by atoms with van der Waals surface area (Å²) in [5, 5.41) is 5.55. The van der Waals surface area contributed by atoms with E-state index in [1.807, 2.05) is 31.9 Å². The van der Waals surface area contributed by atoms with Gasteiger partial charge in [0, 0.05) is 50.9 Å². The maximum Gasteiger partial charge on any atom is 0.412 e. The summed E-state index contributed by atoms with van der Waals surface area (Å²) in [6, 6.07) is 5.20. The lowest BCUT2D eigenvalue weighted by molar-refractivity contribution is -0.131. The van der Waals surface area contributed by atoms with E-state index < -0.39 is 6.09 Å². The normalized spacial score (nSPS) is 16.1. The molecular formula is C22H30N6O4. The molecule has 0 aromatic carbocycles. The SMILES string of the molecule is CNCCC(=O)N1CCN(c2cc(-c3cc(NC(=O)OC)ncc3C)cc(=O)[nH]2)[C@@H](C)C1. The van der Waals surface area contributed by atoms with Gasteiger partial charge in [-0.15, -0.1) is 0 Å². The van der Waals surface area contributed by atoms with Gasteiger partial charge in [-0.3, -0.25) is 14.9 Å². The maximum absolute atomic E-state index is 12.5. The molecular weight excluding hydrogens is 412 g/mol. The lowest BCUT2D eigenvalue weighted by Crippen LogP contribution is -2.54. The molecule has 2 aromatic heterocycles. The molecule has 1 saturated heterocycles. The topological polar surface area (TPSA) is 120 Å². The van der Waals surface area contributed by atoms with E-state index in [9.17, 15) is 14.4 Å². The van der Waals surface area contributed by atoms with E-state index >= 15 is 0 Å². The summed E-state index contributed by atoms with van der Waals surface area (Å²) in [4.78, 5) is 47.5. The fourth-order valence-corrected chi connectivity index (χ4v) is 3.83. The van der Waals surface area contributed by atoms with Gasteiger partial charge in [0.2, 0.25) is 11.5 Å². The van der Waals surface area contributed by atoms with Crippen molar-refractivity contribution >= 4 is 23.6 Å². The van der Waals surface area contributed by atoms with Crippen molar-refractivity contribution in [1.29, 1.82) is 0 Å². The number of hydrogen-bond acceptors (Lipinski definition) is 7. The molecule has 1 aliphatic rings. The number of nitrogens with zero attached hydrogens (tertiary/aromatic N) is 3. The third-order valence-electron chi connectivity index (χ3n) is 5.54. The number of carbonyl (C=O) groups is 2. The highest BCUT2D eigenvalue weighted by atomic mass is 16.5. The fraction of sp³-hybridized carbons (Fsp3) is 0.455. The van der Waals surface area contributed by atoms with Gasteiger partial charge in [0.25, 0.3) is 0 Å². The van der Waals surface area contributed by atoms with E-state index in [0.717, 1.165) is 16.7 Å². The number of anilines is 2. The number of aryl methyl sites for hydroxylation is 1. The number of pyridine rings is 2. The molecule has 0 bridgehead atoms. The molecule has 3 rings (SSSR count). The van der Waals surface area contributed by atoms with Crippen LogP contribution in [0.5, 0.6) is 0 Å². The largest absolute Gasteiger partial charge is 0.453 e. The lowest BCUT2D eigenvalue weighted by atomic mass is 10.0. The summed E-state index contributed by atoms with van der Waals surface area (Å²) in [7, 11) is 3.11. The van der Waals surface area contributed by atoms with Crippen LogP contribution in [0, 0.1) is 6.92 Å². The average molecular weight is 443 g/mol. The van der Waals surface area contributed by atoms with Crippen LogP contribution >= 0.6 is 0 Å². The van der Waals surface area contributed by atoms with Crippen molar-refractivity contribution in [1.82, 2.24) is 20.2 Å². The average Bonchev–Trinajstić information content (AvgIpc) is 2.78. The Bertz CT molecular complexity index is 1040. The standard InChI is InChI=1S/C22H30N6O4/c1-14-12-24-18(25-22(31)32-4)11-17(14)16-9-19(26-20(29)10-16)28-8-7-27(13-15(28)2)21(30)5-6-23-3/h9-12,15,23H,5-8,13H2,1-4H3,(H,26,29)(H,24,25,31)/t15-/m0/s1. The minimum atomic E-state index is -0.616. The van der Waals surface area contributed by atoms with E-state index in [1.54, 1.807) is 12.3 Å². The van der Waals surface area contributed by atoms with Crippen molar-refractivity contribution in [3.63, 3.8) is 0 Å². The molecule has 10 nitrogen and oxygen atoms in total. The van der Waals surface area contributed by atoms with E-state index in [1.165, 1.54) is 13.2 Å². The molecule has 2 amide bonds. The van der Waals surface area contributed by atoms with Gasteiger partial charge >= 0.3 is 6.09 Å². The van der Waals surface area contributed by atoms with Crippen molar-refractivity contribution in [2.45, 2.75) is 26.3 Å². The molecule has 0 spiro atoms. The number of carbonyl (C=O) groups excluding carboxylic acids is 2. The Morgan fingerprint density at radius 2 is 2.06 bits per heavy atom. The van der Waals surface area contributed by atoms with Gasteiger partial charge < -0.3 is 24.8 Å². The number of amides is 2. The van der Waals surface area contributed by atoms with Gasteiger partial charge in [-0.05, 0) is 49.7 Å². The molecule has 2 aromatic rings. The first kappa shape index (κ1) is 23.3. The first-order chi connectivity index (χ1) is 15.3. The second kappa shape index (κ2) is 10.3. The number of aromatic amines is 1. The highest BCUT2D eigenvalue weighted by Crippen LogP contribution is 2.28. The second-order valence-electron chi connectivity index (χ2n) is 7.86. The van der Waals surface area contributed by atoms with Crippen LogP contribution in [0.2, 0.25) is 0 Å². The smallest absolute Gasteiger partial charge is 0.412 e. The number of hydrogen-bond donors (Lipinski definition) is 3. The number of methoxy groups -OCH3 is 1. The van der Waals surface area contributed by atoms with Crippen LogP contribution in [0.4, 0.5) is 16.4 Å². The van der Waals surface area contributed by atoms with E-state index in [2.05, 4.69) is 30.2 Å². The summed E-state index contributed by atoms with van der Waals surface area (Å²) in [6.45, 7) is 6.40. The van der Waals surface area contributed by atoms with Crippen LogP contribution in [0.15, 0.2) is 29.2 Å². The van der Waals surface area contributed by atoms with Gasteiger partial charge in [-0.2, -0.15) is 0 Å². The van der Waals surface area contributed by atoms with Crippen molar-refractivity contribution < 1.29 is 14.3 Å². The molecule has 0 aliphatic carbocycles. The van der Waals surface area contributed by atoms with Crippen molar-refractivity contribution in [3.05, 3.63) is 40.3 Å². The summed E-state index contributed by atoms with van der Waals surface area (Å²) in [5.41, 5.74) is 2.14. The van der Waals surface area contributed by atoms with Crippen molar-refractivity contribution in [2.75, 3.05) is 50.6 Å². The Labute approximate surface area is 187 Å². The van der Waals surface area contributed by atoms with Crippen LogP contribution in [0.25, 0.3) is 11.1 Å². The molecule has 1 atom stereocenters. The molecule has 3 heterocycles. The minimum Gasteiger partial charge on any atom is -0.453 e. The fourth-order valence-electron chi connectivity index (χ4n) is 3.83. The Kier molecular flexibility index (Phi) is 7.47. The Morgan fingerprint density at radius 1 is 1.28 bits per heavy atom. The zero-order valence-corrected chi connectivity index (χ0v) is 18.9. The van der Waals surface area contributed by atoms with Gasteiger partial charge in [0.05, 0.1) is 7.11 Å². The van der Waals surface area contributed by atoms with E-state index in [4.69, 9.17) is 0 Å². The summed E-state index contributed by atoms with van der Waals surface area (Å²) >= 11 is 0. The molecule has 1 aliphatic heterocycles. The van der Waals surface area contributed by atoms with E-state index in [0.29, 0.717) is 44.2 Å². The predicted octanol–water partition coefficient (Wildman–Crippen LogP) is 1.57. The number of piperazine rings is 1. The third kappa shape index (κ3) is 5.44. The molecule has 0 radical (unpaired) electrons. The maximum atomic E-state index is 12.5. The molecule has 0 saturated carbocycles. The molecule has 32 heavy (non-hydrogen) atoms. The Hall–Kier alpha value is -3.40. The monoisotopic (exact) mass is 442 g/mol. The molecule has 10 heteroatoms. The van der Waals surface area contributed by atoms with Crippen molar-refractivity contribution in [3.8, 4) is 11.1 Å². The van der Waals surface area contributed by atoms with Crippen molar-refractivity contribution in [2.24, 2.45) is 0 Å². The third-order valence-corrected chi connectivity index (χ3v) is 5.54. The number of nitrogens with one attached hydrogen (secondary N) is 3. The van der Waals surface area contributed by atoms with Crippen LogP contribution in [-0.4, -0.2) is 73.2 Å². The molecule has 3 N–H and O–H groups in total. The second-order valence-corrected chi connectivity index (χ2v) is 7.86. The highest BCUT2D eigenvalue weighted by Gasteiger charge is 2.27. The Morgan fingerprint density at radius 3 is 2.75 bits per heavy atom. The summed E-state index contributed by atoms with van der Waals surface area (Å²) < 4.78 is 4.62. The number of ether oxygens (including phenoxy) is 1. The van der Waals surface area contributed by atoms with Crippen LogP contribution in [-0.2, 0) is 9.53 Å². The Balaban J connectivity index is 1.84. The van der Waals surface area contributed by atoms with Gasteiger partial charge in [-0.1, -0.05) is 0 Å². The zero-order valence-electron chi connectivity index (χ0n) is 18.9. The number of rotatable bonds is 6. The minimum absolute atomic E-state index is 0.0447. The first-order valence-corrected chi connectivity index (χ1v) is 10.6. The van der Waals surface area contributed by atoms with E-state index in [-0.39, 0.29) is 17.5 Å². The van der Waals surface area contributed by atoms with Gasteiger partial charge in [0.15, 0.2) is 0 Å². The van der Waals surface area contributed by atoms with Gasteiger partial charge in [-0.25, -0.2) is 9.78 Å². The molecule has 172 valence electrons. The summed E-state index contributed by atoms with van der Waals surface area (Å²) in [5.74, 6) is 1.16. The quantitative estimate of drug-likeness (QED) is 0.621. The first-order valence-electron chi connectivity index (χ1n) is 10.6. The van der Waals surface area contributed by atoms with Crippen LogP contribution in [0.1, 0.15) is 18.9 Å². The lowest BCUT2D eigenvalue weighted by Gasteiger charge is -2.41. The van der Waals surface area contributed by atoms with Crippen LogP contribution in [0.3, 0.4) is 0 Å². The molecule has 0 unspecified atom stereocenters. The van der Waals surface area contributed by atoms with Crippen LogP contribution < -0.4 is 21.1 Å².